The Bertz CT molecular complexity index is 901. The molecule has 12 heteroatoms. The third-order valence-electron chi connectivity index (χ3n) is 4.85. The highest BCUT2D eigenvalue weighted by molar-refractivity contribution is 6.04. The lowest BCUT2D eigenvalue weighted by Crippen LogP contribution is -2.53. The van der Waals surface area contributed by atoms with Crippen LogP contribution in [-0.4, -0.2) is 71.6 Å². The van der Waals surface area contributed by atoms with Crippen LogP contribution in [0.15, 0.2) is 12.7 Å². The van der Waals surface area contributed by atoms with Gasteiger partial charge in [0.15, 0.2) is 17.2 Å². The minimum absolute atomic E-state index is 0.0718. The number of rotatable bonds is 3. The summed E-state index contributed by atoms with van der Waals surface area (Å²) in [5.41, 5.74) is 4.22. The monoisotopic (exact) mass is 364 g/mol. The highest BCUT2D eigenvalue weighted by atomic mass is 16.6. The topological polar surface area (TPSA) is 186 Å². The van der Waals surface area contributed by atoms with E-state index in [-0.39, 0.29) is 23.4 Å². The van der Waals surface area contributed by atoms with Crippen LogP contribution in [0.25, 0.3) is 11.2 Å². The number of carbonyl (C=O) groups is 2. The summed E-state index contributed by atoms with van der Waals surface area (Å²) in [6.45, 7) is -0.605. The Morgan fingerprint density at radius 2 is 2.12 bits per heavy atom. The van der Waals surface area contributed by atoms with Crippen LogP contribution in [-0.2, 0) is 20.1 Å². The van der Waals surface area contributed by atoms with E-state index in [1.807, 2.05) is 0 Å². The van der Waals surface area contributed by atoms with Crippen molar-refractivity contribution in [2.24, 2.45) is 5.92 Å². The number of aliphatic hydroxyl groups excluding tert-OH is 3. The molecule has 0 saturated carbocycles. The molecule has 2 amide bonds. The number of nitrogens with two attached hydrogens (primary N) is 1. The molecule has 5 atom stereocenters. The van der Waals surface area contributed by atoms with E-state index in [2.05, 4.69) is 20.3 Å². The maximum Gasteiger partial charge on any atom is 0.235 e. The predicted octanol–water partition coefficient (Wildman–Crippen LogP) is -3.16. The average molecular weight is 364 g/mol. The molecule has 26 heavy (non-hydrogen) atoms. The minimum atomic E-state index is -1.90. The van der Waals surface area contributed by atoms with Crippen molar-refractivity contribution in [2.75, 3.05) is 12.3 Å². The van der Waals surface area contributed by atoms with Crippen LogP contribution in [0.4, 0.5) is 5.82 Å². The molecular formula is C14H16N6O6. The third kappa shape index (κ3) is 2.07. The second kappa shape index (κ2) is 5.67. The number of nitrogens with zero attached hydrogens (tertiary/aromatic N) is 4. The fraction of sp³-hybridized carbons (Fsp3) is 0.500. The van der Waals surface area contributed by atoms with Gasteiger partial charge in [-0.1, -0.05) is 0 Å². The first-order chi connectivity index (χ1) is 12.4. The summed E-state index contributed by atoms with van der Waals surface area (Å²) in [7, 11) is 0. The van der Waals surface area contributed by atoms with Gasteiger partial charge in [-0.3, -0.25) is 19.5 Å². The fourth-order valence-corrected chi connectivity index (χ4v) is 3.63. The van der Waals surface area contributed by atoms with Crippen LogP contribution in [0.2, 0.25) is 0 Å². The molecule has 0 unspecified atom stereocenters. The molecule has 0 radical (unpaired) electrons. The Morgan fingerprint density at radius 3 is 2.73 bits per heavy atom. The molecule has 6 N–H and O–H groups in total. The molecule has 4 heterocycles. The van der Waals surface area contributed by atoms with E-state index in [4.69, 9.17) is 10.5 Å². The van der Waals surface area contributed by atoms with E-state index in [1.165, 1.54) is 17.2 Å². The van der Waals surface area contributed by atoms with Gasteiger partial charge >= 0.3 is 0 Å². The minimum Gasteiger partial charge on any atom is -0.394 e. The fourth-order valence-electron chi connectivity index (χ4n) is 3.63. The van der Waals surface area contributed by atoms with Crippen LogP contribution in [0, 0.1) is 5.92 Å². The van der Waals surface area contributed by atoms with Crippen molar-refractivity contribution >= 4 is 28.8 Å². The number of anilines is 1. The smallest absolute Gasteiger partial charge is 0.235 e. The van der Waals surface area contributed by atoms with E-state index in [1.54, 1.807) is 0 Å². The van der Waals surface area contributed by atoms with Gasteiger partial charge in [0, 0.05) is 6.42 Å². The van der Waals surface area contributed by atoms with Crippen LogP contribution in [0.1, 0.15) is 6.42 Å². The van der Waals surface area contributed by atoms with Crippen molar-refractivity contribution in [1.82, 2.24) is 24.8 Å². The molecule has 0 bridgehead atoms. The Hall–Kier alpha value is -2.67. The van der Waals surface area contributed by atoms with Crippen molar-refractivity contribution in [3.05, 3.63) is 12.7 Å². The lowest BCUT2D eigenvalue weighted by Gasteiger charge is -2.37. The Balaban J connectivity index is 1.96. The molecule has 2 aliphatic heterocycles. The lowest BCUT2D eigenvalue weighted by molar-refractivity contribution is -0.184. The van der Waals surface area contributed by atoms with Crippen LogP contribution in [0.5, 0.6) is 0 Å². The normalized spacial score (nSPS) is 34.6. The Morgan fingerprint density at radius 1 is 1.35 bits per heavy atom. The first-order valence-corrected chi connectivity index (χ1v) is 7.82. The number of imide groups is 1. The largest absolute Gasteiger partial charge is 0.394 e. The molecule has 2 aromatic rings. The SMILES string of the molecule is Nc1ncnc2c1ncn2[C@]1([C@H]2CC(=O)NC2=O)O[C@H](CO)[C@@H](O)[C@H]1O. The van der Waals surface area contributed by atoms with Gasteiger partial charge in [-0.05, 0) is 0 Å². The number of ether oxygens (including phenoxy) is 1. The number of hydrogen-bond acceptors (Lipinski definition) is 10. The van der Waals surface area contributed by atoms with E-state index in [0.717, 1.165) is 0 Å². The van der Waals surface area contributed by atoms with E-state index in [9.17, 15) is 24.9 Å². The number of fused-ring (bicyclic) bond motifs is 1. The van der Waals surface area contributed by atoms with Gasteiger partial charge in [0.05, 0.1) is 18.9 Å². The van der Waals surface area contributed by atoms with Gasteiger partial charge in [0.2, 0.25) is 11.8 Å². The van der Waals surface area contributed by atoms with Crippen molar-refractivity contribution in [3.63, 3.8) is 0 Å². The van der Waals surface area contributed by atoms with Crippen molar-refractivity contribution in [1.29, 1.82) is 0 Å². The second-order valence-corrected chi connectivity index (χ2v) is 6.24. The number of imidazole rings is 1. The predicted molar refractivity (Wildman–Crippen MR) is 82.9 cm³/mol. The summed E-state index contributed by atoms with van der Waals surface area (Å²) < 4.78 is 7.03. The maximum atomic E-state index is 12.4. The quantitative estimate of drug-likeness (QED) is 0.348. The number of aromatic nitrogens is 4. The Kier molecular flexibility index (Phi) is 3.66. The molecule has 2 fully saturated rings. The number of nitrogens with one attached hydrogen (secondary N) is 1. The van der Waals surface area contributed by atoms with E-state index in [0.29, 0.717) is 0 Å². The summed E-state index contributed by atoms with van der Waals surface area (Å²) in [6, 6.07) is 0. The van der Waals surface area contributed by atoms with Crippen LogP contribution in [0.3, 0.4) is 0 Å². The zero-order valence-corrected chi connectivity index (χ0v) is 13.3. The van der Waals surface area contributed by atoms with Gasteiger partial charge in [-0.2, -0.15) is 0 Å². The first-order valence-electron chi connectivity index (χ1n) is 7.82. The van der Waals surface area contributed by atoms with Gasteiger partial charge in [-0.25, -0.2) is 15.0 Å². The maximum absolute atomic E-state index is 12.4. The summed E-state index contributed by atoms with van der Waals surface area (Å²) in [5, 5.41) is 32.7. The molecule has 0 spiro atoms. The second-order valence-electron chi connectivity index (χ2n) is 6.24. The highest BCUT2D eigenvalue weighted by Crippen LogP contribution is 2.45. The average Bonchev–Trinajstić information content (AvgIpc) is 3.26. The molecule has 12 nitrogen and oxygen atoms in total. The van der Waals surface area contributed by atoms with Gasteiger partial charge in [0.25, 0.3) is 0 Å². The summed E-state index contributed by atoms with van der Waals surface area (Å²) >= 11 is 0. The Labute approximate surface area is 145 Å². The van der Waals surface area contributed by atoms with Crippen LogP contribution < -0.4 is 11.1 Å². The number of amides is 2. The standard InChI is InChI=1S/C14H16N6O6/c15-11-8-12(17-3-16-11)20(4-18-8)14(5-1-7(22)19-13(5)25)10(24)9(23)6(2-21)26-14/h3-6,9-10,21,23-24H,1-2H2,(H2,15,16,17)(H,19,22,25)/t5-,6+,9+,10+,14+/m0/s1. The summed E-state index contributed by atoms with van der Waals surface area (Å²) in [5.74, 6) is -2.33. The molecule has 4 rings (SSSR count). The highest BCUT2D eigenvalue weighted by Gasteiger charge is 2.63. The first kappa shape index (κ1) is 16.8. The molecule has 2 aliphatic rings. The summed E-state index contributed by atoms with van der Waals surface area (Å²) in [6.07, 6.45) is -2.19. The molecule has 0 aromatic carbocycles. The van der Waals surface area contributed by atoms with Crippen molar-refractivity contribution in [2.45, 2.75) is 30.5 Å². The molecule has 138 valence electrons. The molecular weight excluding hydrogens is 348 g/mol. The zero-order chi connectivity index (χ0) is 18.6. The molecule has 2 saturated heterocycles. The van der Waals surface area contributed by atoms with Gasteiger partial charge in [-0.15, -0.1) is 0 Å². The van der Waals surface area contributed by atoms with Crippen molar-refractivity contribution < 1.29 is 29.6 Å². The zero-order valence-electron chi connectivity index (χ0n) is 13.3. The molecule has 2 aromatic heterocycles. The van der Waals surface area contributed by atoms with Crippen LogP contribution >= 0.6 is 0 Å². The number of nitrogen functional groups attached to an aromatic ring is 1. The number of hydrogen-bond donors (Lipinski definition) is 5. The summed E-state index contributed by atoms with van der Waals surface area (Å²) in [4.78, 5) is 36.1. The molecule has 0 aliphatic carbocycles. The van der Waals surface area contributed by atoms with Crippen molar-refractivity contribution in [3.8, 4) is 0 Å². The van der Waals surface area contributed by atoms with E-state index >= 15 is 0 Å². The number of carbonyl (C=O) groups excluding carboxylic acids is 2. The van der Waals surface area contributed by atoms with E-state index < -0.39 is 48.4 Å². The number of aliphatic hydroxyl groups is 3. The van der Waals surface area contributed by atoms with Gasteiger partial charge in [0.1, 0.15) is 30.2 Å². The third-order valence-corrected chi connectivity index (χ3v) is 4.85. The lowest BCUT2D eigenvalue weighted by atomic mass is 9.87. The van der Waals surface area contributed by atoms with Gasteiger partial charge < -0.3 is 25.8 Å².